The van der Waals surface area contributed by atoms with Crippen LogP contribution in [0.15, 0.2) is 0 Å². The lowest BCUT2D eigenvalue weighted by atomic mass is 10.0. The summed E-state index contributed by atoms with van der Waals surface area (Å²) in [5.41, 5.74) is 0. The Kier molecular flexibility index (Phi) is 31.0. The molecule has 0 bridgehead atoms. The summed E-state index contributed by atoms with van der Waals surface area (Å²) in [6, 6.07) is 0. The highest BCUT2D eigenvalue weighted by molar-refractivity contribution is 5.66. The Morgan fingerprint density at radius 2 is 0.514 bits per heavy atom. The number of carboxylic acid groups (broad SMARTS) is 1. The Labute approximate surface area is 221 Å². The molecule has 0 atom stereocenters. The van der Waals surface area contributed by atoms with E-state index in [1.165, 1.54) is 180 Å². The molecule has 0 heterocycles. The lowest BCUT2D eigenvalue weighted by Crippen LogP contribution is -1.93. The second kappa shape index (κ2) is 31.5. The molecule has 35 heavy (non-hydrogen) atoms. The van der Waals surface area contributed by atoms with Gasteiger partial charge in [0.05, 0.1) is 0 Å². The molecule has 2 heteroatoms. The van der Waals surface area contributed by atoms with Crippen LogP contribution in [0.2, 0.25) is 0 Å². The molecule has 0 rings (SSSR count). The molecule has 210 valence electrons. The minimum atomic E-state index is -0.648. The third-order valence-corrected chi connectivity index (χ3v) is 7.74. The van der Waals surface area contributed by atoms with Gasteiger partial charge in [0.1, 0.15) is 0 Å². The minimum Gasteiger partial charge on any atom is -0.481 e. The maximum absolute atomic E-state index is 10.5. The van der Waals surface area contributed by atoms with Gasteiger partial charge in [0, 0.05) is 6.42 Å². The van der Waals surface area contributed by atoms with Crippen LogP contribution >= 0.6 is 0 Å². The number of unbranched alkanes of at least 4 members (excludes halogenated alkanes) is 29. The maximum atomic E-state index is 10.5. The van der Waals surface area contributed by atoms with Gasteiger partial charge in [0.15, 0.2) is 0 Å². The molecule has 0 amide bonds. The van der Waals surface area contributed by atoms with Gasteiger partial charge in [-0.25, -0.2) is 0 Å². The molecule has 0 aliphatic carbocycles. The molecular weight excluding hydrogens is 428 g/mol. The Morgan fingerprint density at radius 1 is 0.343 bits per heavy atom. The fraction of sp³-hybridized carbons (Fsp3) is 0.970. The van der Waals surface area contributed by atoms with E-state index in [-0.39, 0.29) is 0 Å². The zero-order valence-electron chi connectivity index (χ0n) is 24.3. The second-order valence-electron chi connectivity index (χ2n) is 11.4. The van der Waals surface area contributed by atoms with Gasteiger partial charge in [0.2, 0.25) is 0 Å². The molecule has 0 radical (unpaired) electrons. The SMILES string of the molecule is CCCCCCCCCCCCCCCCCCCCCCCCCCCCCCCCC(=O)O. The molecule has 0 fully saturated rings. The van der Waals surface area contributed by atoms with Crippen LogP contribution in [0.5, 0.6) is 0 Å². The van der Waals surface area contributed by atoms with Crippen molar-refractivity contribution in [3.8, 4) is 0 Å². The minimum absolute atomic E-state index is 0.347. The van der Waals surface area contributed by atoms with E-state index in [0.29, 0.717) is 6.42 Å². The number of carboxylic acids is 1. The Hall–Kier alpha value is -0.530. The lowest BCUT2D eigenvalue weighted by Gasteiger charge is -2.04. The van der Waals surface area contributed by atoms with Crippen molar-refractivity contribution in [2.24, 2.45) is 0 Å². The molecule has 0 unspecified atom stereocenters. The first-order valence-electron chi connectivity index (χ1n) is 16.5. The molecule has 0 saturated heterocycles. The van der Waals surface area contributed by atoms with Crippen LogP contribution in [0, 0.1) is 0 Å². The third kappa shape index (κ3) is 33.5. The van der Waals surface area contributed by atoms with Crippen molar-refractivity contribution < 1.29 is 9.90 Å². The zero-order chi connectivity index (χ0) is 25.5. The van der Waals surface area contributed by atoms with Crippen LogP contribution in [0.4, 0.5) is 0 Å². The number of hydrogen-bond acceptors (Lipinski definition) is 1. The Balaban J connectivity index is 3.01. The van der Waals surface area contributed by atoms with Crippen LogP contribution < -0.4 is 0 Å². The highest BCUT2D eigenvalue weighted by Crippen LogP contribution is 2.16. The van der Waals surface area contributed by atoms with E-state index in [4.69, 9.17) is 5.11 Å². The normalized spacial score (nSPS) is 11.3. The molecule has 0 aromatic carbocycles. The Morgan fingerprint density at radius 3 is 0.686 bits per heavy atom. The van der Waals surface area contributed by atoms with E-state index >= 15 is 0 Å². The lowest BCUT2D eigenvalue weighted by molar-refractivity contribution is -0.137. The highest BCUT2D eigenvalue weighted by Gasteiger charge is 1.98. The van der Waals surface area contributed by atoms with Crippen LogP contribution in [-0.2, 0) is 4.79 Å². The summed E-state index contributed by atoms with van der Waals surface area (Å²) < 4.78 is 0. The smallest absolute Gasteiger partial charge is 0.303 e. The van der Waals surface area contributed by atoms with E-state index in [9.17, 15) is 4.79 Å². The van der Waals surface area contributed by atoms with Crippen LogP contribution in [0.1, 0.15) is 206 Å². The second-order valence-corrected chi connectivity index (χ2v) is 11.4. The first-order valence-corrected chi connectivity index (χ1v) is 16.5. The average molecular weight is 495 g/mol. The fourth-order valence-electron chi connectivity index (χ4n) is 5.30. The van der Waals surface area contributed by atoms with Crippen molar-refractivity contribution in [2.45, 2.75) is 206 Å². The van der Waals surface area contributed by atoms with Gasteiger partial charge in [-0.3, -0.25) is 4.79 Å². The predicted octanol–water partition coefficient (Wildman–Crippen LogP) is 12.2. The van der Waals surface area contributed by atoms with Crippen molar-refractivity contribution in [1.82, 2.24) is 0 Å². The predicted molar refractivity (Wildman–Crippen MR) is 156 cm³/mol. The van der Waals surface area contributed by atoms with E-state index in [1.807, 2.05) is 0 Å². The van der Waals surface area contributed by atoms with Gasteiger partial charge in [0.25, 0.3) is 0 Å². The molecular formula is C33H66O2. The zero-order valence-corrected chi connectivity index (χ0v) is 24.3. The third-order valence-electron chi connectivity index (χ3n) is 7.74. The standard InChI is InChI=1S/C33H66O2/c1-2-3-4-5-6-7-8-9-10-11-12-13-14-15-16-17-18-19-20-21-22-23-24-25-26-27-28-29-30-31-32-33(34)35/h2-32H2,1H3,(H,34,35). The topological polar surface area (TPSA) is 37.3 Å². The van der Waals surface area contributed by atoms with Crippen LogP contribution in [-0.4, -0.2) is 11.1 Å². The largest absolute Gasteiger partial charge is 0.481 e. The summed E-state index contributed by atoms with van der Waals surface area (Å²) in [6.07, 6.45) is 42.4. The van der Waals surface area contributed by atoms with Gasteiger partial charge >= 0.3 is 5.97 Å². The molecule has 0 spiro atoms. The summed E-state index contributed by atoms with van der Waals surface area (Å²) >= 11 is 0. The summed E-state index contributed by atoms with van der Waals surface area (Å²) in [6.45, 7) is 2.30. The summed E-state index contributed by atoms with van der Waals surface area (Å²) in [4.78, 5) is 10.5. The quantitative estimate of drug-likeness (QED) is 0.0972. The van der Waals surface area contributed by atoms with Crippen molar-refractivity contribution in [1.29, 1.82) is 0 Å². The highest BCUT2D eigenvalue weighted by atomic mass is 16.4. The van der Waals surface area contributed by atoms with E-state index in [1.54, 1.807) is 0 Å². The fourth-order valence-corrected chi connectivity index (χ4v) is 5.30. The van der Waals surface area contributed by atoms with E-state index in [0.717, 1.165) is 12.8 Å². The maximum Gasteiger partial charge on any atom is 0.303 e. The monoisotopic (exact) mass is 495 g/mol. The molecule has 1 N–H and O–H groups in total. The summed E-state index contributed by atoms with van der Waals surface area (Å²) in [7, 11) is 0. The molecule has 2 nitrogen and oxygen atoms in total. The number of aliphatic carboxylic acids is 1. The number of hydrogen-bond donors (Lipinski definition) is 1. The van der Waals surface area contributed by atoms with Gasteiger partial charge in [-0.1, -0.05) is 193 Å². The molecule has 0 aliphatic heterocycles. The van der Waals surface area contributed by atoms with Gasteiger partial charge in [-0.15, -0.1) is 0 Å². The van der Waals surface area contributed by atoms with Crippen LogP contribution in [0.25, 0.3) is 0 Å². The van der Waals surface area contributed by atoms with Crippen molar-refractivity contribution in [2.75, 3.05) is 0 Å². The molecule has 0 aromatic rings. The first kappa shape index (κ1) is 34.5. The average Bonchev–Trinajstić information content (AvgIpc) is 2.85. The molecule has 0 saturated carbocycles. The van der Waals surface area contributed by atoms with Gasteiger partial charge in [-0.05, 0) is 6.42 Å². The molecule has 0 aliphatic rings. The van der Waals surface area contributed by atoms with Crippen molar-refractivity contribution >= 4 is 5.97 Å². The van der Waals surface area contributed by atoms with E-state index < -0.39 is 5.97 Å². The number of carbonyl (C=O) groups is 1. The summed E-state index contributed by atoms with van der Waals surface area (Å²) in [5, 5.41) is 8.62. The van der Waals surface area contributed by atoms with Gasteiger partial charge < -0.3 is 5.11 Å². The molecule has 0 aromatic heterocycles. The van der Waals surface area contributed by atoms with Crippen molar-refractivity contribution in [3.05, 3.63) is 0 Å². The summed E-state index contributed by atoms with van der Waals surface area (Å²) in [5.74, 6) is -0.648. The first-order chi connectivity index (χ1) is 17.3. The Bertz CT molecular complexity index is 393. The van der Waals surface area contributed by atoms with E-state index in [2.05, 4.69) is 6.92 Å². The van der Waals surface area contributed by atoms with Gasteiger partial charge in [-0.2, -0.15) is 0 Å². The van der Waals surface area contributed by atoms with Crippen molar-refractivity contribution in [3.63, 3.8) is 0 Å². The number of rotatable bonds is 31. The van der Waals surface area contributed by atoms with Crippen LogP contribution in [0.3, 0.4) is 0 Å².